The molecule has 0 spiro atoms. The van der Waals surface area contributed by atoms with E-state index in [0.29, 0.717) is 11.5 Å². The zero-order valence-corrected chi connectivity index (χ0v) is 16.4. The van der Waals surface area contributed by atoms with Gasteiger partial charge in [-0.15, -0.1) is 0 Å². The topological polar surface area (TPSA) is 82.3 Å². The Morgan fingerprint density at radius 2 is 1.72 bits per heavy atom. The molecule has 2 amide bonds. The number of benzene rings is 2. The summed E-state index contributed by atoms with van der Waals surface area (Å²) in [4.78, 5) is 25.6. The summed E-state index contributed by atoms with van der Waals surface area (Å²) in [5.41, 5.74) is 8.05. The molecule has 0 aromatic heterocycles. The number of hydrogen-bond acceptors (Lipinski definition) is 4. The highest BCUT2D eigenvalue weighted by atomic mass is 16.2. The predicted molar refractivity (Wildman–Crippen MR) is 112 cm³/mol. The maximum absolute atomic E-state index is 12.9. The van der Waals surface area contributed by atoms with Crippen molar-refractivity contribution in [2.45, 2.75) is 43.8 Å². The highest BCUT2D eigenvalue weighted by Gasteiger charge is 2.37. The number of hydrogen-bond donors (Lipinski definition) is 4. The van der Waals surface area contributed by atoms with Gasteiger partial charge < -0.3 is 10.6 Å². The van der Waals surface area contributed by atoms with Crippen molar-refractivity contribution in [3.63, 3.8) is 0 Å². The van der Waals surface area contributed by atoms with Crippen LogP contribution in [-0.2, 0) is 4.79 Å². The number of rotatable bonds is 6. The van der Waals surface area contributed by atoms with Gasteiger partial charge in [0.2, 0.25) is 5.91 Å². The molecule has 0 radical (unpaired) electrons. The minimum Gasteiger partial charge on any atom is -0.352 e. The van der Waals surface area contributed by atoms with E-state index in [4.69, 9.17) is 0 Å². The quantitative estimate of drug-likeness (QED) is 0.608. The molecule has 4 N–H and O–H groups in total. The van der Waals surface area contributed by atoms with Crippen molar-refractivity contribution in [3.05, 3.63) is 71.8 Å². The van der Waals surface area contributed by atoms with Crippen LogP contribution in [0.1, 0.15) is 47.6 Å². The molecule has 29 heavy (non-hydrogen) atoms. The van der Waals surface area contributed by atoms with Gasteiger partial charge in [0.15, 0.2) is 0 Å². The Bertz CT molecular complexity index is 827. The first kappa shape index (κ1) is 19.6. The molecule has 1 heterocycles. The maximum Gasteiger partial charge on any atom is 0.251 e. The van der Waals surface area contributed by atoms with Gasteiger partial charge in [0, 0.05) is 24.2 Å². The molecule has 6 heteroatoms. The van der Waals surface area contributed by atoms with Crippen LogP contribution in [0.5, 0.6) is 0 Å². The first-order chi connectivity index (χ1) is 14.2. The summed E-state index contributed by atoms with van der Waals surface area (Å²) in [7, 11) is 0. The van der Waals surface area contributed by atoms with Gasteiger partial charge in [0.25, 0.3) is 5.91 Å². The number of nitrogens with one attached hydrogen (secondary N) is 4. The second-order valence-electron chi connectivity index (χ2n) is 7.92. The smallest absolute Gasteiger partial charge is 0.251 e. The second kappa shape index (κ2) is 9.20. The Balaban J connectivity index is 1.43. The molecule has 2 aromatic carbocycles. The van der Waals surface area contributed by atoms with Crippen LogP contribution < -0.4 is 21.5 Å². The molecule has 2 aliphatic rings. The van der Waals surface area contributed by atoms with Crippen molar-refractivity contribution < 1.29 is 9.59 Å². The first-order valence-corrected chi connectivity index (χ1v) is 10.4. The SMILES string of the molecule is O=C(CC(NC(=O)c1ccccc1)c1ccccc1)NC1CCCC2CNNC21. The molecule has 1 aliphatic carbocycles. The lowest BCUT2D eigenvalue weighted by atomic mass is 9.82. The average Bonchev–Trinajstić information content (AvgIpc) is 3.24. The van der Waals surface area contributed by atoms with Crippen LogP contribution in [0.4, 0.5) is 0 Å². The molecular formula is C23H28N4O2. The molecule has 4 rings (SSSR count). The highest BCUT2D eigenvalue weighted by molar-refractivity contribution is 5.94. The Morgan fingerprint density at radius 3 is 2.48 bits per heavy atom. The Morgan fingerprint density at radius 1 is 1.00 bits per heavy atom. The van der Waals surface area contributed by atoms with Gasteiger partial charge in [-0.2, -0.15) is 0 Å². The standard InChI is InChI=1S/C23H28N4O2/c28-21(25-19-13-7-12-18-15-24-27-22(18)19)14-20(16-8-3-1-4-9-16)26-23(29)17-10-5-2-6-11-17/h1-6,8-11,18-20,22,24,27H,7,12-15H2,(H,25,28)(H,26,29). The number of carbonyl (C=O) groups is 2. The first-order valence-electron chi connectivity index (χ1n) is 10.4. The van der Waals surface area contributed by atoms with Crippen LogP contribution in [-0.4, -0.2) is 30.4 Å². The third-order valence-corrected chi connectivity index (χ3v) is 5.94. The van der Waals surface area contributed by atoms with Gasteiger partial charge in [-0.1, -0.05) is 55.0 Å². The van der Waals surface area contributed by atoms with Crippen LogP contribution in [0.15, 0.2) is 60.7 Å². The summed E-state index contributed by atoms with van der Waals surface area (Å²) in [6, 6.07) is 18.8. The van der Waals surface area contributed by atoms with Crippen LogP contribution >= 0.6 is 0 Å². The lowest BCUT2D eigenvalue weighted by Gasteiger charge is -2.33. The average molecular weight is 393 g/mol. The van der Waals surface area contributed by atoms with Gasteiger partial charge in [-0.3, -0.25) is 20.4 Å². The summed E-state index contributed by atoms with van der Waals surface area (Å²) in [6.07, 6.45) is 3.51. The van der Waals surface area contributed by atoms with Crippen molar-refractivity contribution in [1.82, 2.24) is 21.5 Å². The van der Waals surface area contributed by atoms with E-state index >= 15 is 0 Å². The fourth-order valence-corrected chi connectivity index (χ4v) is 4.42. The summed E-state index contributed by atoms with van der Waals surface area (Å²) in [6.45, 7) is 0.955. The van der Waals surface area contributed by atoms with Crippen molar-refractivity contribution in [3.8, 4) is 0 Å². The zero-order valence-electron chi connectivity index (χ0n) is 16.4. The van der Waals surface area contributed by atoms with E-state index in [-0.39, 0.29) is 36.4 Å². The lowest BCUT2D eigenvalue weighted by molar-refractivity contribution is -0.122. The Hall–Kier alpha value is -2.70. The molecule has 2 fully saturated rings. The molecule has 0 bridgehead atoms. The van der Waals surface area contributed by atoms with Crippen molar-refractivity contribution >= 4 is 11.8 Å². The van der Waals surface area contributed by atoms with Crippen molar-refractivity contribution in [2.24, 2.45) is 5.92 Å². The molecule has 2 aromatic rings. The minimum atomic E-state index is -0.377. The maximum atomic E-state index is 12.9. The van der Waals surface area contributed by atoms with Gasteiger partial charge >= 0.3 is 0 Å². The lowest BCUT2D eigenvalue weighted by Crippen LogP contribution is -2.53. The van der Waals surface area contributed by atoms with E-state index < -0.39 is 0 Å². The molecule has 4 unspecified atom stereocenters. The Labute approximate surface area is 171 Å². The van der Waals surface area contributed by atoms with Gasteiger partial charge in [0.05, 0.1) is 12.5 Å². The normalized spacial score (nSPS) is 24.3. The molecule has 1 saturated carbocycles. The van der Waals surface area contributed by atoms with E-state index in [9.17, 15) is 9.59 Å². The molecule has 1 saturated heterocycles. The van der Waals surface area contributed by atoms with E-state index in [1.54, 1.807) is 12.1 Å². The molecule has 152 valence electrons. The van der Waals surface area contributed by atoms with Crippen LogP contribution in [0, 0.1) is 5.92 Å². The van der Waals surface area contributed by atoms with Crippen LogP contribution in [0.2, 0.25) is 0 Å². The van der Waals surface area contributed by atoms with Gasteiger partial charge in [0.1, 0.15) is 0 Å². The summed E-state index contributed by atoms with van der Waals surface area (Å²) < 4.78 is 0. The molecule has 1 aliphatic heterocycles. The summed E-state index contributed by atoms with van der Waals surface area (Å²) in [5.74, 6) is 0.356. The monoisotopic (exact) mass is 392 g/mol. The Kier molecular flexibility index (Phi) is 6.22. The van der Waals surface area contributed by atoms with Crippen LogP contribution in [0.3, 0.4) is 0 Å². The molecule has 4 atom stereocenters. The number of carbonyl (C=O) groups excluding carboxylic acids is 2. The van der Waals surface area contributed by atoms with E-state index in [1.165, 1.54) is 6.42 Å². The number of amides is 2. The fraction of sp³-hybridized carbons (Fsp3) is 0.391. The summed E-state index contributed by atoms with van der Waals surface area (Å²) >= 11 is 0. The highest BCUT2D eigenvalue weighted by Crippen LogP contribution is 2.27. The summed E-state index contributed by atoms with van der Waals surface area (Å²) in [5, 5.41) is 6.25. The van der Waals surface area contributed by atoms with Crippen molar-refractivity contribution in [2.75, 3.05) is 6.54 Å². The van der Waals surface area contributed by atoms with E-state index in [2.05, 4.69) is 21.5 Å². The molecular weight excluding hydrogens is 364 g/mol. The predicted octanol–water partition coefficient (Wildman–Crippen LogP) is 2.31. The largest absolute Gasteiger partial charge is 0.352 e. The third kappa shape index (κ3) is 4.83. The van der Waals surface area contributed by atoms with Gasteiger partial charge in [-0.05, 0) is 36.5 Å². The number of hydrazine groups is 1. The zero-order chi connectivity index (χ0) is 20.1. The minimum absolute atomic E-state index is 0.0356. The van der Waals surface area contributed by atoms with E-state index in [0.717, 1.165) is 24.9 Å². The fourth-order valence-electron chi connectivity index (χ4n) is 4.42. The molecule has 6 nitrogen and oxygen atoms in total. The van der Waals surface area contributed by atoms with Crippen molar-refractivity contribution in [1.29, 1.82) is 0 Å². The number of fused-ring (bicyclic) bond motifs is 1. The van der Waals surface area contributed by atoms with Crippen LogP contribution in [0.25, 0.3) is 0 Å². The van der Waals surface area contributed by atoms with E-state index in [1.807, 2.05) is 48.5 Å². The van der Waals surface area contributed by atoms with Gasteiger partial charge in [-0.25, -0.2) is 0 Å². The second-order valence-corrected chi connectivity index (χ2v) is 7.92. The third-order valence-electron chi connectivity index (χ3n) is 5.94.